The van der Waals surface area contributed by atoms with Gasteiger partial charge >= 0.3 is 0 Å². The Morgan fingerprint density at radius 1 is 1.20 bits per heavy atom. The van der Waals surface area contributed by atoms with E-state index in [2.05, 4.69) is 29.4 Å². The molecular weight excluding hydrogens is 268 g/mol. The molecule has 3 rings (SSSR count). The third-order valence-corrected chi connectivity index (χ3v) is 5.41. The van der Waals surface area contributed by atoms with E-state index in [1.165, 1.54) is 50.9 Å². The average Bonchev–Trinajstić information content (AvgIpc) is 3.02. The maximum atomic E-state index is 5.97. The molecule has 3 unspecified atom stereocenters. The summed E-state index contributed by atoms with van der Waals surface area (Å²) in [5, 5.41) is 4.26. The Balaban J connectivity index is 1.52. The fourth-order valence-corrected chi connectivity index (χ4v) is 4.13. The van der Waals surface area contributed by atoms with Crippen molar-refractivity contribution in [3.63, 3.8) is 0 Å². The van der Waals surface area contributed by atoms with Gasteiger partial charge in [-0.05, 0) is 62.4 Å². The number of rotatable bonds is 5. The Morgan fingerprint density at radius 2 is 1.85 bits per heavy atom. The van der Waals surface area contributed by atoms with E-state index in [9.17, 15) is 0 Å². The SMILES string of the molecule is CNC(CCN1CC2CCCC2C1)c1ccc(Cl)cc1. The molecule has 1 saturated carbocycles. The molecule has 1 saturated heterocycles. The molecule has 1 aromatic rings. The number of hydrogen-bond donors (Lipinski definition) is 1. The van der Waals surface area contributed by atoms with Gasteiger partial charge in [0.05, 0.1) is 0 Å². The summed E-state index contributed by atoms with van der Waals surface area (Å²) in [7, 11) is 2.05. The van der Waals surface area contributed by atoms with Crippen molar-refractivity contribution in [2.24, 2.45) is 11.8 Å². The lowest BCUT2D eigenvalue weighted by atomic mass is 10.0. The topological polar surface area (TPSA) is 15.3 Å². The van der Waals surface area contributed by atoms with Gasteiger partial charge in [0.25, 0.3) is 0 Å². The van der Waals surface area contributed by atoms with Gasteiger partial charge in [-0.3, -0.25) is 0 Å². The molecule has 110 valence electrons. The number of nitrogens with zero attached hydrogens (tertiary/aromatic N) is 1. The smallest absolute Gasteiger partial charge is 0.0406 e. The second-order valence-electron chi connectivity index (χ2n) is 6.39. The zero-order chi connectivity index (χ0) is 13.9. The van der Waals surface area contributed by atoms with Crippen LogP contribution in [0.2, 0.25) is 5.02 Å². The van der Waals surface area contributed by atoms with Crippen LogP contribution in [0.3, 0.4) is 0 Å². The molecule has 0 radical (unpaired) electrons. The van der Waals surface area contributed by atoms with E-state index < -0.39 is 0 Å². The van der Waals surface area contributed by atoms with Crippen LogP contribution in [-0.4, -0.2) is 31.6 Å². The van der Waals surface area contributed by atoms with Crippen molar-refractivity contribution in [1.29, 1.82) is 0 Å². The highest BCUT2D eigenvalue weighted by Gasteiger charge is 2.35. The molecular formula is C17H25ClN2. The van der Waals surface area contributed by atoms with Crippen LogP contribution in [-0.2, 0) is 0 Å². The first-order valence-electron chi connectivity index (χ1n) is 7.91. The first kappa shape index (κ1) is 14.4. The van der Waals surface area contributed by atoms with Gasteiger partial charge in [-0.25, -0.2) is 0 Å². The molecule has 2 fully saturated rings. The Bertz CT molecular complexity index is 419. The number of nitrogens with one attached hydrogen (secondary N) is 1. The van der Waals surface area contributed by atoms with Gasteiger partial charge in [-0.15, -0.1) is 0 Å². The van der Waals surface area contributed by atoms with Crippen LogP contribution in [0.4, 0.5) is 0 Å². The molecule has 0 aromatic heterocycles. The van der Waals surface area contributed by atoms with Gasteiger partial charge in [-0.1, -0.05) is 30.2 Å². The van der Waals surface area contributed by atoms with Crippen LogP contribution in [0.1, 0.15) is 37.3 Å². The van der Waals surface area contributed by atoms with Crippen molar-refractivity contribution in [2.45, 2.75) is 31.7 Å². The molecule has 0 spiro atoms. The lowest BCUT2D eigenvalue weighted by molar-refractivity contribution is 0.291. The first-order chi connectivity index (χ1) is 9.76. The molecule has 1 heterocycles. The normalized spacial score (nSPS) is 27.7. The molecule has 0 bridgehead atoms. The zero-order valence-corrected chi connectivity index (χ0v) is 13.1. The van der Waals surface area contributed by atoms with Crippen molar-refractivity contribution < 1.29 is 0 Å². The van der Waals surface area contributed by atoms with E-state index in [4.69, 9.17) is 11.6 Å². The average molecular weight is 293 g/mol. The Hall–Kier alpha value is -0.570. The molecule has 3 heteroatoms. The minimum absolute atomic E-state index is 0.438. The summed E-state index contributed by atoms with van der Waals surface area (Å²) < 4.78 is 0. The number of fused-ring (bicyclic) bond motifs is 1. The van der Waals surface area contributed by atoms with Crippen LogP contribution in [0, 0.1) is 11.8 Å². The summed E-state index contributed by atoms with van der Waals surface area (Å²) in [6.07, 6.45) is 5.58. The third-order valence-electron chi connectivity index (χ3n) is 5.16. The molecule has 0 amide bonds. The molecule has 1 aromatic carbocycles. The molecule has 2 nitrogen and oxygen atoms in total. The van der Waals surface area contributed by atoms with E-state index in [0.29, 0.717) is 6.04 Å². The minimum atomic E-state index is 0.438. The summed E-state index contributed by atoms with van der Waals surface area (Å²) >= 11 is 5.97. The quantitative estimate of drug-likeness (QED) is 0.890. The van der Waals surface area contributed by atoms with Crippen LogP contribution in [0.25, 0.3) is 0 Å². The van der Waals surface area contributed by atoms with Gasteiger partial charge < -0.3 is 10.2 Å². The Labute approximate surface area is 127 Å². The lowest BCUT2D eigenvalue weighted by Crippen LogP contribution is -2.27. The predicted octanol–water partition coefficient (Wildman–Crippen LogP) is 3.72. The van der Waals surface area contributed by atoms with Crippen molar-refractivity contribution in [1.82, 2.24) is 10.2 Å². The largest absolute Gasteiger partial charge is 0.313 e. The van der Waals surface area contributed by atoms with E-state index in [1.807, 2.05) is 12.1 Å². The van der Waals surface area contributed by atoms with Crippen LogP contribution in [0.15, 0.2) is 24.3 Å². The van der Waals surface area contributed by atoms with Crippen LogP contribution in [0.5, 0.6) is 0 Å². The Kier molecular flexibility index (Phi) is 4.65. The summed E-state index contributed by atoms with van der Waals surface area (Å²) in [6, 6.07) is 8.70. The predicted molar refractivity (Wildman–Crippen MR) is 85.1 cm³/mol. The van der Waals surface area contributed by atoms with Crippen LogP contribution < -0.4 is 5.32 Å². The number of likely N-dealkylation sites (tertiary alicyclic amines) is 1. The minimum Gasteiger partial charge on any atom is -0.313 e. The molecule has 2 aliphatic rings. The molecule has 1 aliphatic heterocycles. The maximum absolute atomic E-state index is 5.97. The van der Waals surface area contributed by atoms with Gasteiger partial charge in [0.1, 0.15) is 0 Å². The van der Waals surface area contributed by atoms with Gasteiger partial charge in [-0.2, -0.15) is 0 Å². The van der Waals surface area contributed by atoms with Gasteiger partial charge in [0.2, 0.25) is 0 Å². The lowest BCUT2D eigenvalue weighted by Gasteiger charge is -2.22. The highest BCUT2D eigenvalue weighted by Crippen LogP contribution is 2.37. The van der Waals surface area contributed by atoms with Crippen molar-refractivity contribution >= 4 is 11.6 Å². The summed E-state index contributed by atoms with van der Waals surface area (Å²) in [6.45, 7) is 3.88. The summed E-state index contributed by atoms with van der Waals surface area (Å²) in [5.41, 5.74) is 1.34. The monoisotopic (exact) mass is 292 g/mol. The second-order valence-corrected chi connectivity index (χ2v) is 6.83. The van der Waals surface area contributed by atoms with E-state index in [0.717, 1.165) is 16.9 Å². The third kappa shape index (κ3) is 3.19. The molecule has 3 atom stereocenters. The van der Waals surface area contributed by atoms with Gasteiger partial charge in [0, 0.05) is 24.2 Å². The van der Waals surface area contributed by atoms with Gasteiger partial charge in [0.15, 0.2) is 0 Å². The van der Waals surface area contributed by atoms with Crippen LogP contribution >= 0.6 is 11.6 Å². The molecule has 1 aliphatic carbocycles. The van der Waals surface area contributed by atoms with Crippen molar-refractivity contribution in [3.05, 3.63) is 34.9 Å². The summed E-state index contributed by atoms with van der Waals surface area (Å²) in [5.74, 6) is 2.00. The van der Waals surface area contributed by atoms with Crippen molar-refractivity contribution in [3.8, 4) is 0 Å². The summed E-state index contributed by atoms with van der Waals surface area (Å²) in [4.78, 5) is 2.68. The number of hydrogen-bond acceptors (Lipinski definition) is 2. The highest BCUT2D eigenvalue weighted by molar-refractivity contribution is 6.30. The second kappa shape index (κ2) is 6.46. The standard InChI is InChI=1S/C17H25ClN2/c1-19-17(13-5-7-16(18)8-6-13)9-10-20-11-14-3-2-4-15(14)12-20/h5-8,14-15,17,19H,2-4,9-12H2,1H3. The molecule has 20 heavy (non-hydrogen) atoms. The molecule has 1 N–H and O–H groups in total. The van der Waals surface area contributed by atoms with Crippen molar-refractivity contribution in [2.75, 3.05) is 26.7 Å². The zero-order valence-electron chi connectivity index (χ0n) is 12.3. The number of halogens is 1. The highest BCUT2D eigenvalue weighted by atomic mass is 35.5. The fraction of sp³-hybridized carbons (Fsp3) is 0.647. The first-order valence-corrected chi connectivity index (χ1v) is 8.29. The van der Waals surface area contributed by atoms with E-state index >= 15 is 0 Å². The van der Waals surface area contributed by atoms with E-state index in [1.54, 1.807) is 0 Å². The number of benzene rings is 1. The maximum Gasteiger partial charge on any atom is 0.0406 e. The fourth-order valence-electron chi connectivity index (χ4n) is 4.00. The van der Waals surface area contributed by atoms with E-state index in [-0.39, 0.29) is 0 Å². The Morgan fingerprint density at radius 3 is 2.45 bits per heavy atom.